The van der Waals surface area contributed by atoms with Gasteiger partial charge in [-0.05, 0) is 38.5 Å². The average molecular weight is 395 g/mol. The van der Waals surface area contributed by atoms with Gasteiger partial charge in [-0.25, -0.2) is 0 Å². The van der Waals surface area contributed by atoms with Crippen LogP contribution in [0.15, 0.2) is 12.2 Å². The van der Waals surface area contributed by atoms with Crippen molar-refractivity contribution in [3.8, 4) is 0 Å². The maximum atomic E-state index is 11.7. The van der Waals surface area contributed by atoms with Crippen LogP contribution in [0.3, 0.4) is 0 Å². The van der Waals surface area contributed by atoms with Crippen molar-refractivity contribution < 1.29 is 9.53 Å². The minimum absolute atomic E-state index is 0.00573. The smallest absolute Gasteiger partial charge is 0.305 e. The first-order valence-corrected chi connectivity index (χ1v) is 12.6. The van der Waals surface area contributed by atoms with Crippen LogP contribution in [0.4, 0.5) is 0 Å². The van der Waals surface area contributed by atoms with Crippen LogP contribution in [0, 0.1) is 0 Å². The molecular weight excluding hydrogens is 344 g/mol. The van der Waals surface area contributed by atoms with Gasteiger partial charge < -0.3 is 4.74 Å². The first kappa shape index (κ1) is 27.2. The SMILES string of the molecule is CCCCCCCC/C=C\CCCCCCCC(=O)OCCCCCCCC. The third-order valence-electron chi connectivity index (χ3n) is 5.40. The number of allylic oxidation sites excluding steroid dienone is 2. The molecule has 0 bridgehead atoms. The van der Waals surface area contributed by atoms with Crippen molar-refractivity contribution in [1.29, 1.82) is 0 Å². The summed E-state index contributed by atoms with van der Waals surface area (Å²) in [7, 11) is 0. The van der Waals surface area contributed by atoms with E-state index in [-0.39, 0.29) is 5.97 Å². The third kappa shape index (κ3) is 23.2. The highest BCUT2D eigenvalue weighted by Gasteiger charge is 2.02. The first-order valence-electron chi connectivity index (χ1n) is 12.6. The summed E-state index contributed by atoms with van der Waals surface area (Å²) in [6.45, 7) is 5.13. The Bertz CT molecular complexity index is 335. The number of carbonyl (C=O) groups excluding carboxylic acids is 1. The summed E-state index contributed by atoms with van der Waals surface area (Å²) < 4.78 is 5.32. The summed E-state index contributed by atoms with van der Waals surface area (Å²) in [5.41, 5.74) is 0. The van der Waals surface area contributed by atoms with E-state index in [1.165, 1.54) is 103 Å². The Morgan fingerprint density at radius 3 is 1.54 bits per heavy atom. The minimum Gasteiger partial charge on any atom is -0.466 e. The molecule has 0 saturated heterocycles. The molecule has 0 rings (SSSR count). The van der Waals surface area contributed by atoms with E-state index in [2.05, 4.69) is 26.0 Å². The number of hydrogen-bond acceptors (Lipinski definition) is 2. The second kappa shape index (κ2) is 24.2. The quantitative estimate of drug-likeness (QED) is 0.104. The van der Waals surface area contributed by atoms with E-state index in [1.807, 2.05) is 0 Å². The van der Waals surface area contributed by atoms with Crippen LogP contribution in [0.5, 0.6) is 0 Å². The van der Waals surface area contributed by atoms with E-state index in [0.29, 0.717) is 13.0 Å². The van der Waals surface area contributed by atoms with Gasteiger partial charge in [0.1, 0.15) is 0 Å². The lowest BCUT2D eigenvalue weighted by Crippen LogP contribution is -2.05. The number of esters is 1. The molecule has 2 heteroatoms. The molecule has 28 heavy (non-hydrogen) atoms. The lowest BCUT2D eigenvalue weighted by atomic mass is 10.1. The average Bonchev–Trinajstić information content (AvgIpc) is 2.70. The lowest BCUT2D eigenvalue weighted by molar-refractivity contribution is -0.143. The van der Waals surface area contributed by atoms with Crippen LogP contribution in [-0.4, -0.2) is 12.6 Å². The van der Waals surface area contributed by atoms with Crippen LogP contribution in [0.25, 0.3) is 0 Å². The molecule has 2 nitrogen and oxygen atoms in total. The summed E-state index contributed by atoms with van der Waals surface area (Å²) in [5, 5.41) is 0. The highest BCUT2D eigenvalue weighted by molar-refractivity contribution is 5.69. The number of hydrogen-bond donors (Lipinski definition) is 0. The fraction of sp³-hybridized carbons (Fsp3) is 0.885. The standard InChI is InChI=1S/C26H50O2/c1-3-5-7-9-11-12-13-14-15-16-17-18-19-20-22-24-26(27)28-25-23-21-10-8-6-4-2/h14-15H,3-13,16-25H2,1-2H3/b15-14-. The Kier molecular flexibility index (Phi) is 23.6. The fourth-order valence-corrected chi connectivity index (χ4v) is 3.48. The Balaban J connectivity index is 3.19. The molecule has 166 valence electrons. The molecule has 0 aliphatic rings. The van der Waals surface area contributed by atoms with Gasteiger partial charge in [0.2, 0.25) is 0 Å². The zero-order valence-corrected chi connectivity index (χ0v) is 19.3. The Morgan fingerprint density at radius 2 is 1.00 bits per heavy atom. The van der Waals surface area contributed by atoms with Crippen LogP contribution in [-0.2, 0) is 9.53 Å². The molecule has 0 aromatic carbocycles. The Hall–Kier alpha value is -0.790. The Morgan fingerprint density at radius 1 is 0.571 bits per heavy atom. The molecular formula is C26H50O2. The van der Waals surface area contributed by atoms with Gasteiger partial charge in [0.05, 0.1) is 6.61 Å². The topological polar surface area (TPSA) is 26.3 Å². The van der Waals surface area contributed by atoms with E-state index in [1.54, 1.807) is 0 Å². The van der Waals surface area contributed by atoms with Gasteiger partial charge in [0.25, 0.3) is 0 Å². The van der Waals surface area contributed by atoms with E-state index in [4.69, 9.17) is 4.74 Å². The summed E-state index contributed by atoms with van der Waals surface area (Å²) in [4.78, 5) is 11.7. The molecule has 0 radical (unpaired) electrons. The van der Waals surface area contributed by atoms with Crippen molar-refractivity contribution in [2.45, 2.75) is 142 Å². The van der Waals surface area contributed by atoms with E-state index in [0.717, 1.165) is 19.3 Å². The molecule has 0 aromatic rings. The van der Waals surface area contributed by atoms with E-state index in [9.17, 15) is 4.79 Å². The van der Waals surface area contributed by atoms with Gasteiger partial charge in [-0.1, -0.05) is 109 Å². The molecule has 0 aliphatic carbocycles. The highest BCUT2D eigenvalue weighted by atomic mass is 16.5. The number of unbranched alkanes of at least 4 members (excludes halogenated alkanes) is 16. The first-order chi connectivity index (χ1) is 13.8. The molecule has 0 aliphatic heterocycles. The molecule has 0 amide bonds. The molecule has 0 spiro atoms. The normalized spacial score (nSPS) is 11.4. The maximum absolute atomic E-state index is 11.7. The summed E-state index contributed by atoms with van der Waals surface area (Å²) in [6, 6.07) is 0. The minimum atomic E-state index is 0.00573. The zero-order chi connectivity index (χ0) is 20.5. The van der Waals surface area contributed by atoms with Gasteiger partial charge in [-0.3, -0.25) is 4.79 Å². The van der Waals surface area contributed by atoms with Crippen molar-refractivity contribution in [3.63, 3.8) is 0 Å². The number of rotatable bonds is 22. The predicted octanol–water partition coefficient (Wildman–Crippen LogP) is 8.93. The molecule has 0 heterocycles. The van der Waals surface area contributed by atoms with Crippen molar-refractivity contribution in [2.75, 3.05) is 6.61 Å². The third-order valence-corrected chi connectivity index (χ3v) is 5.40. The molecule has 0 unspecified atom stereocenters. The predicted molar refractivity (Wildman–Crippen MR) is 124 cm³/mol. The molecule has 0 aromatic heterocycles. The summed E-state index contributed by atoms with van der Waals surface area (Å²) in [5.74, 6) is 0.00573. The maximum Gasteiger partial charge on any atom is 0.305 e. The van der Waals surface area contributed by atoms with Crippen LogP contribution in [0.2, 0.25) is 0 Å². The lowest BCUT2D eigenvalue weighted by Gasteiger charge is -2.05. The molecule has 0 N–H and O–H groups in total. The van der Waals surface area contributed by atoms with Crippen molar-refractivity contribution in [2.24, 2.45) is 0 Å². The number of ether oxygens (including phenoxy) is 1. The van der Waals surface area contributed by atoms with Gasteiger partial charge in [-0.15, -0.1) is 0 Å². The molecule has 0 atom stereocenters. The van der Waals surface area contributed by atoms with Gasteiger partial charge in [0, 0.05) is 6.42 Å². The monoisotopic (exact) mass is 394 g/mol. The van der Waals surface area contributed by atoms with Gasteiger partial charge in [-0.2, -0.15) is 0 Å². The second-order valence-electron chi connectivity index (χ2n) is 8.32. The second-order valence-corrected chi connectivity index (χ2v) is 8.32. The van der Waals surface area contributed by atoms with Crippen LogP contribution < -0.4 is 0 Å². The Labute approximate surface area is 176 Å². The molecule has 0 saturated carbocycles. The number of carbonyl (C=O) groups is 1. The van der Waals surface area contributed by atoms with Crippen molar-refractivity contribution >= 4 is 5.97 Å². The van der Waals surface area contributed by atoms with E-state index >= 15 is 0 Å². The van der Waals surface area contributed by atoms with Crippen molar-refractivity contribution in [1.82, 2.24) is 0 Å². The van der Waals surface area contributed by atoms with Gasteiger partial charge >= 0.3 is 5.97 Å². The van der Waals surface area contributed by atoms with Crippen molar-refractivity contribution in [3.05, 3.63) is 12.2 Å². The fourth-order valence-electron chi connectivity index (χ4n) is 3.48. The molecule has 0 fully saturated rings. The van der Waals surface area contributed by atoms with E-state index < -0.39 is 0 Å². The largest absolute Gasteiger partial charge is 0.466 e. The van der Waals surface area contributed by atoms with Crippen LogP contribution in [0.1, 0.15) is 142 Å². The van der Waals surface area contributed by atoms with Gasteiger partial charge in [0.15, 0.2) is 0 Å². The van der Waals surface area contributed by atoms with Crippen LogP contribution >= 0.6 is 0 Å². The summed E-state index contributed by atoms with van der Waals surface area (Å²) >= 11 is 0. The zero-order valence-electron chi connectivity index (χ0n) is 19.3. The summed E-state index contributed by atoms with van der Waals surface area (Å²) in [6.07, 6.45) is 29.5. The highest BCUT2D eigenvalue weighted by Crippen LogP contribution is 2.10.